The van der Waals surface area contributed by atoms with Crippen LogP contribution in [-0.4, -0.2) is 5.11 Å². The second kappa shape index (κ2) is 3.01. The van der Waals surface area contributed by atoms with Crippen molar-refractivity contribution in [3.05, 3.63) is 26.5 Å². The van der Waals surface area contributed by atoms with E-state index in [1.54, 1.807) is 0 Å². The van der Waals surface area contributed by atoms with Crippen molar-refractivity contribution in [2.24, 2.45) is 0 Å². The zero-order valence-corrected chi connectivity index (χ0v) is 9.83. The molecule has 0 atom stereocenters. The maximum Gasteiger partial charge on any atom is 0.148 e. The molecule has 2 aromatic rings. The van der Waals surface area contributed by atoms with Crippen LogP contribution in [0, 0.1) is 0 Å². The fourth-order valence-corrected chi connectivity index (χ4v) is 3.18. The zero-order chi connectivity index (χ0) is 8.72. The molecule has 1 aromatic carbocycles. The molecule has 0 amide bonds. The molecule has 0 spiro atoms. The van der Waals surface area contributed by atoms with E-state index in [1.165, 1.54) is 11.3 Å². The van der Waals surface area contributed by atoms with Gasteiger partial charge in [0.25, 0.3) is 0 Å². The highest BCUT2D eigenvalue weighted by atomic mass is 79.9. The predicted octanol–water partition coefficient (Wildman–Crippen LogP) is 4.13. The average molecular weight is 308 g/mol. The summed E-state index contributed by atoms with van der Waals surface area (Å²) in [6.07, 6.45) is 0. The van der Waals surface area contributed by atoms with Gasteiger partial charge in [-0.3, -0.25) is 0 Å². The largest absolute Gasteiger partial charge is 0.505 e. The molecule has 0 unspecified atom stereocenters. The Hall–Kier alpha value is -0.0600. The van der Waals surface area contributed by atoms with E-state index in [0.717, 1.165) is 18.3 Å². The van der Waals surface area contributed by atoms with Crippen LogP contribution in [0.4, 0.5) is 0 Å². The van der Waals surface area contributed by atoms with Gasteiger partial charge in [-0.2, -0.15) is 0 Å². The van der Waals surface area contributed by atoms with E-state index in [0.29, 0.717) is 5.75 Å². The summed E-state index contributed by atoms with van der Waals surface area (Å²) in [6.45, 7) is 0. The number of rotatable bonds is 0. The Bertz CT molecular complexity index is 436. The van der Waals surface area contributed by atoms with E-state index < -0.39 is 0 Å². The fourth-order valence-electron chi connectivity index (χ4n) is 1.04. The first-order valence-corrected chi connectivity index (χ1v) is 5.66. The average Bonchev–Trinajstić information content (AvgIpc) is 2.32. The summed E-state index contributed by atoms with van der Waals surface area (Å²) >= 11 is 8.24. The molecular formula is C8H4Br2OS. The summed E-state index contributed by atoms with van der Waals surface area (Å²) in [6, 6.07) is 5.77. The number of thiophene rings is 1. The lowest BCUT2D eigenvalue weighted by Gasteiger charge is -1.91. The maximum atomic E-state index is 9.57. The lowest BCUT2D eigenvalue weighted by molar-refractivity contribution is 0.481. The van der Waals surface area contributed by atoms with Crippen molar-refractivity contribution in [2.75, 3.05) is 0 Å². The van der Waals surface area contributed by atoms with E-state index in [-0.39, 0.29) is 0 Å². The van der Waals surface area contributed by atoms with E-state index in [2.05, 4.69) is 31.9 Å². The molecular weight excluding hydrogens is 304 g/mol. The highest BCUT2D eigenvalue weighted by Crippen LogP contribution is 2.43. The molecule has 1 N–H and O–H groups in total. The van der Waals surface area contributed by atoms with Crippen molar-refractivity contribution >= 4 is 53.3 Å². The third-order valence-corrected chi connectivity index (χ3v) is 4.40. The molecule has 0 aliphatic heterocycles. The highest BCUT2D eigenvalue weighted by Gasteiger charge is 2.09. The van der Waals surface area contributed by atoms with Crippen molar-refractivity contribution in [3.8, 4) is 5.75 Å². The van der Waals surface area contributed by atoms with Gasteiger partial charge in [-0.1, -0.05) is 6.07 Å². The molecule has 0 saturated heterocycles. The minimum atomic E-state index is 0.330. The van der Waals surface area contributed by atoms with Gasteiger partial charge in [0.1, 0.15) is 9.54 Å². The normalized spacial score (nSPS) is 10.8. The molecule has 62 valence electrons. The van der Waals surface area contributed by atoms with Gasteiger partial charge in [-0.25, -0.2) is 0 Å². The van der Waals surface area contributed by atoms with Crippen LogP contribution in [0.5, 0.6) is 5.75 Å². The Morgan fingerprint density at radius 2 is 2.00 bits per heavy atom. The molecule has 1 nitrogen and oxygen atoms in total. The van der Waals surface area contributed by atoms with E-state index in [4.69, 9.17) is 0 Å². The Labute approximate surface area is 90.3 Å². The van der Waals surface area contributed by atoms with Gasteiger partial charge in [0, 0.05) is 9.86 Å². The highest BCUT2D eigenvalue weighted by molar-refractivity contribution is 9.11. The molecule has 0 aliphatic rings. The van der Waals surface area contributed by atoms with Gasteiger partial charge < -0.3 is 5.11 Å². The monoisotopic (exact) mass is 306 g/mol. The minimum Gasteiger partial charge on any atom is -0.505 e. The van der Waals surface area contributed by atoms with E-state index in [9.17, 15) is 5.11 Å². The van der Waals surface area contributed by atoms with Crippen molar-refractivity contribution in [1.82, 2.24) is 0 Å². The van der Waals surface area contributed by atoms with E-state index in [1.807, 2.05) is 18.2 Å². The van der Waals surface area contributed by atoms with Crippen LogP contribution in [0.1, 0.15) is 0 Å². The Balaban J connectivity index is 2.95. The molecule has 0 radical (unpaired) electrons. The standard InChI is InChI=1S/C8H4Br2OS/c9-5-3-1-2-4-6(11)8(10)12-7(4)5/h1-3,11H. The van der Waals surface area contributed by atoms with Gasteiger partial charge >= 0.3 is 0 Å². The maximum absolute atomic E-state index is 9.57. The summed E-state index contributed by atoms with van der Waals surface area (Å²) in [5, 5.41) is 10.5. The summed E-state index contributed by atoms with van der Waals surface area (Å²) < 4.78 is 2.87. The van der Waals surface area contributed by atoms with Gasteiger partial charge in [-0.15, -0.1) is 11.3 Å². The fraction of sp³-hybridized carbons (Fsp3) is 0. The molecule has 1 aromatic heterocycles. The van der Waals surface area contributed by atoms with Crippen LogP contribution < -0.4 is 0 Å². The SMILES string of the molecule is Oc1c(Br)sc2c(Br)cccc12. The third kappa shape index (κ3) is 1.18. The summed E-state index contributed by atoms with van der Waals surface area (Å²) in [4.78, 5) is 0. The van der Waals surface area contributed by atoms with Crippen LogP contribution in [-0.2, 0) is 0 Å². The van der Waals surface area contributed by atoms with Crippen LogP contribution in [0.2, 0.25) is 0 Å². The number of benzene rings is 1. The van der Waals surface area contributed by atoms with Gasteiger partial charge in [0.15, 0.2) is 0 Å². The number of aromatic hydroxyl groups is 1. The van der Waals surface area contributed by atoms with Crippen LogP contribution in [0.25, 0.3) is 10.1 Å². The lowest BCUT2D eigenvalue weighted by Crippen LogP contribution is -1.64. The molecule has 0 saturated carbocycles. The summed E-state index contributed by atoms with van der Waals surface area (Å²) in [5.74, 6) is 0.330. The van der Waals surface area contributed by atoms with Crippen LogP contribution in [0.15, 0.2) is 26.5 Å². The number of halogens is 2. The first-order chi connectivity index (χ1) is 5.70. The second-order valence-electron chi connectivity index (χ2n) is 2.34. The molecule has 0 fully saturated rings. The van der Waals surface area contributed by atoms with Crippen LogP contribution in [0.3, 0.4) is 0 Å². The molecule has 0 aliphatic carbocycles. The molecule has 12 heavy (non-hydrogen) atoms. The van der Waals surface area contributed by atoms with Crippen molar-refractivity contribution < 1.29 is 5.11 Å². The van der Waals surface area contributed by atoms with Gasteiger partial charge in [0.2, 0.25) is 0 Å². The number of fused-ring (bicyclic) bond motifs is 1. The predicted molar refractivity (Wildman–Crippen MR) is 58.9 cm³/mol. The number of hydrogen-bond donors (Lipinski definition) is 1. The molecule has 4 heteroatoms. The van der Waals surface area contributed by atoms with Gasteiger partial charge in [0.05, 0.1) is 4.70 Å². The van der Waals surface area contributed by atoms with Gasteiger partial charge in [-0.05, 0) is 44.0 Å². The van der Waals surface area contributed by atoms with E-state index >= 15 is 0 Å². The zero-order valence-electron chi connectivity index (χ0n) is 5.84. The Morgan fingerprint density at radius 1 is 1.25 bits per heavy atom. The molecule has 2 rings (SSSR count). The molecule has 0 bridgehead atoms. The van der Waals surface area contributed by atoms with Crippen LogP contribution >= 0.6 is 43.2 Å². The first kappa shape index (κ1) is 8.53. The molecule has 1 heterocycles. The summed E-state index contributed by atoms with van der Waals surface area (Å²) in [7, 11) is 0. The van der Waals surface area contributed by atoms with Crippen molar-refractivity contribution in [1.29, 1.82) is 0 Å². The first-order valence-electron chi connectivity index (χ1n) is 3.25. The smallest absolute Gasteiger partial charge is 0.148 e. The Kier molecular flexibility index (Phi) is 2.14. The quantitative estimate of drug-likeness (QED) is 0.776. The minimum absolute atomic E-state index is 0.330. The third-order valence-electron chi connectivity index (χ3n) is 1.60. The lowest BCUT2D eigenvalue weighted by atomic mass is 10.2. The Morgan fingerprint density at radius 3 is 2.67 bits per heavy atom. The second-order valence-corrected chi connectivity index (χ2v) is 5.53. The summed E-state index contributed by atoms with van der Waals surface area (Å²) in [5.41, 5.74) is 0. The van der Waals surface area contributed by atoms with Crippen molar-refractivity contribution in [2.45, 2.75) is 0 Å². The number of hydrogen-bond acceptors (Lipinski definition) is 2. The van der Waals surface area contributed by atoms with Crippen molar-refractivity contribution in [3.63, 3.8) is 0 Å². The topological polar surface area (TPSA) is 20.2 Å².